The first-order valence-corrected chi connectivity index (χ1v) is 17.4. The van der Waals surface area contributed by atoms with Crippen molar-refractivity contribution in [2.75, 3.05) is 20.3 Å². The van der Waals surface area contributed by atoms with E-state index < -0.39 is 13.9 Å². The summed E-state index contributed by atoms with van der Waals surface area (Å²) in [5.74, 6) is 0.996. The number of imidazole rings is 1. The predicted molar refractivity (Wildman–Crippen MR) is 172 cm³/mol. The van der Waals surface area contributed by atoms with Gasteiger partial charge in [-0.1, -0.05) is 102 Å². The van der Waals surface area contributed by atoms with Crippen LogP contribution in [0.25, 0.3) is 0 Å². The highest BCUT2D eigenvalue weighted by atomic mass is 31.2. The Bertz CT molecular complexity index is 1190. The van der Waals surface area contributed by atoms with Gasteiger partial charge in [-0.25, -0.2) is 9.55 Å². The van der Waals surface area contributed by atoms with Crippen LogP contribution in [0.4, 0.5) is 0 Å². The van der Waals surface area contributed by atoms with Crippen molar-refractivity contribution in [3.63, 3.8) is 0 Å². The largest absolute Gasteiger partial charge is 0.527 e. The third-order valence-electron chi connectivity index (χ3n) is 7.45. The molecule has 1 aromatic heterocycles. The lowest BCUT2D eigenvalue weighted by Gasteiger charge is -2.19. The zero-order valence-corrected chi connectivity index (χ0v) is 27.0. The van der Waals surface area contributed by atoms with Crippen LogP contribution < -0.4 is 9.26 Å². The van der Waals surface area contributed by atoms with Crippen molar-refractivity contribution in [2.24, 2.45) is 0 Å². The molecule has 0 aliphatic heterocycles. The number of unbranched alkanes of at least 4 members (excludes halogenated alkanes) is 11. The number of hydrogen-bond acceptors (Lipinski definition) is 6. The summed E-state index contributed by atoms with van der Waals surface area (Å²) in [5, 5.41) is 0. The van der Waals surface area contributed by atoms with Gasteiger partial charge in [0.25, 0.3) is 0 Å². The summed E-state index contributed by atoms with van der Waals surface area (Å²) in [6, 6.07) is 15.1. The van der Waals surface area contributed by atoms with Crippen molar-refractivity contribution in [1.29, 1.82) is 0 Å². The summed E-state index contributed by atoms with van der Waals surface area (Å²) in [6.45, 7) is 2.86. The van der Waals surface area contributed by atoms with E-state index in [-0.39, 0.29) is 19.0 Å². The van der Waals surface area contributed by atoms with Crippen molar-refractivity contribution >= 4 is 7.82 Å². The SMILES string of the molecule is CCCCCCCCCCCCCCc1cccc(OCC(COP(=O)(O)Oc2cccc(Cn3ccnc3)c2)OC)c1. The molecule has 0 saturated heterocycles. The lowest BCUT2D eigenvalue weighted by molar-refractivity contribution is 0.0161. The Morgan fingerprint density at radius 1 is 0.837 bits per heavy atom. The van der Waals surface area contributed by atoms with Crippen molar-refractivity contribution in [3.05, 3.63) is 78.4 Å². The molecule has 2 atom stereocenters. The normalized spacial score (nSPS) is 13.5. The summed E-state index contributed by atoms with van der Waals surface area (Å²) in [4.78, 5) is 14.3. The lowest BCUT2D eigenvalue weighted by Crippen LogP contribution is -2.25. The number of rotatable bonds is 24. The van der Waals surface area contributed by atoms with Gasteiger partial charge in [-0.3, -0.25) is 9.42 Å². The summed E-state index contributed by atoms with van der Waals surface area (Å²) >= 11 is 0. The predicted octanol–water partition coefficient (Wildman–Crippen LogP) is 8.76. The Hall–Kier alpha value is -2.64. The van der Waals surface area contributed by atoms with E-state index in [1.54, 1.807) is 30.7 Å². The molecule has 0 saturated carbocycles. The maximum Gasteiger partial charge on any atom is 0.527 e. The molecule has 238 valence electrons. The molecule has 9 heteroatoms. The average Bonchev–Trinajstić information content (AvgIpc) is 3.51. The molecule has 3 rings (SSSR count). The third-order valence-corrected chi connectivity index (χ3v) is 8.37. The molecule has 1 heterocycles. The van der Waals surface area contributed by atoms with Gasteiger partial charge in [-0.15, -0.1) is 0 Å². The second-order valence-corrected chi connectivity index (χ2v) is 12.6. The maximum absolute atomic E-state index is 12.6. The second-order valence-electron chi connectivity index (χ2n) is 11.2. The molecule has 0 bridgehead atoms. The fourth-order valence-electron chi connectivity index (χ4n) is 4.96. The molecule has 0 amide bonds. The van der Waals surface area contributed by atoms with E-state index in [0.29, 0.717) is 6.54 Å². The van der Waals surface area contributed by atoms with Crippen molar-refractivity contribution < 1.29 is 28.0 Å². The lowest BCUT2D eigenvalue weighted by atomic mass is 10.0. The van der Waals surface area contributed by atoms with Crippen LogP contribution >= 0.6 is 7.82 Å². The average molecular weight is 615 g/mol. The number of nitrogens with zero attached hydrogens (tertiary/aromatic N) is 2. The van der Waals surface area contributed by atoms with Crippen LogP contribution in [0.1, 0.15) is 95.1 Å². The van der Waals surface area contributed by atoms with Gasteiger partial charge in [-0.05, 0) is 48.2 Å². The molecular weight excluding hydrogens is 563 g/mol. The van der Waals surface area contributed by atoms with E-state index in [0.717, 1.165) is 17.7 Å². The Kier molecular flexibility index (Phi) is 16.5. The minimum absolute atomic E-state index is 0.155. The Morgan fingerprint density at radius 3 is 2.12 bits per heavy atom. The molecule has 0 radical (unpaired) electrons. The van der Waals surface area contributed by atoms with Crippen molar-refractivity contribution in [2.45, 2.75) is 103 Å². The number of ether oxygens (including phenoxy) is 2. The standard InChI is InChI=1S/C34H51N2O6P/c1-3-4-5-6-7-8-9-10-11-12-13-14-17-30-18-15-20-32(24-30)40-27-34(39-2)28-41-43(37,38)42-33-21-16-19-31(25-33)26-36-23-22-35-29-36/h15-16,18-25,29,34H,3-14,17,26-28H2,1-2H3,(H,37,38). The number of aromatic nitrogens is 2. The van der Waals surface area contributed by atoms with Gasteiger partial charge in [-0.2, -0.15) is 0 Å². The minimum Gasteiger partial charge on any atom is -0.491 e. The number of benzene rings is 2. The van der Waals surface area contributed by atoms with Crippen LogP contribution in [0, 0.1) is 0 Å². The second kappa shape index (κ2) is 20.3. The van der Waals surface area contributed by atoms with Crippen LogP contribution in [-0.4, -0.2) is 40.9 Å². The number of methoxy groups -OCH3 is 1. The first-order valence-electron chi connectivity index (χ1n) is 15.9. The molecule has 0 fully saturated rings. The zero-order valence-electron chi connectivity index (χ0n) is 26.1. The highest BCUT2D eigenvalue weighted by Gasteiger charge is 2.25. The van der Waals surface area contributed by atoms with E-state index in [2.05, 4.69) is 24.0 Å². The number of phosphoric ester groups is 1. The van der Waals surface area contributed by atoms with E-state index in [1.165, 1.54) is 89.7 Å². The molecule has 8 nitrogen and oxygen atoms in total. The van der Waals surface area contributed by atoms with Crippen LogP contribution in [-0.2, 0) is 26.8 Å². The minimum atomic E-state index is -4.36. The van der Waals surface area contributed by atoms with Gasteiger partial charge >= 0.3 is 7.82 Å². The molecule has 2 aromatic carbocycles. The smallest absolute Gasteiger partial charge is 0.491 e. The van der Waals surface area contributed by atoms with Gasteiger partial charge in [0, 0.05) is 26.0 Å². The molecule has 1 N–H and O–H groups in total. The summed E-state index contributed by atoms with van der Waals surface area (Å²) in [7, 11) is -2.84. The van der Waals surface area contributed by atoms with Gasteiger partial charge < -0.3 is 18.6 Å². The van der Waals surface area contributed by atoms with Crippen LogP contribution in [0.3, 0.4) is 0 Å². The van der Waals surface area contributed by atoms with Crippen molar-refractivity contribution in [3.8, 4) is 11.5 Å². The fraction of sp³-hybridized carbons (Fsp3) is 0.559. The van der Waals surface area contributed by atoms with Gasteiger partial charge in [0.05, 0.1) is 12.9 Å². The first-order chi connectivity index (χ1) is 21.0. The van der Waals surface area contributed by atoms with E-state index in [9.17, 15) is 9.46 Å². The molecule has 0 aliphatic carbocycles. The summed E-state index contributed by atoms with van der Waals surface area (Å²) in [5.41, 5.74) is 2.15. The Labute approximate surface area is 258 Å². The Morgan fingerprint density at radius 2 is 1.47 bits per heavy atom. The van der Waals surface area contributed by atoms with Crippen molar-refractivity contribution in [1.82, 2.24) is 9.55 Å². The van der Waals surface area contributed by atoms with Crippen LogP contribution in [0.2, 0.25) is 0 Å². The highest BCUT2D eigenvalue weighted by molar-refractivity contribution is 7.47. The number of aryl methyl sites for hydroxylation is 1. The molecule has 2 unspecified atom stereocenters. The van der Waals surface area contributed by atoms with Crippen LogP contribution in [0.5, 0.6) is 11.5 Å². The quantitative estimate of drug-likeness (QED) is 0.0796. The highest BCUT2D eigenvalue weighted by Crippen LogP contribution is 2.44. The van der Waals surface area contributed by atoms with Gasteiger partial charge in [0.2, 0.25) is 0 Å². The molecule has 3 aromatic rings. The number of phosphoric acid groups is 1. The maximum atomic E-state index is 12.6. The number of hydrogen-bond donors (Lipinski definition) is 1. The summed E-state index contributed by atoms with van der Waals surface area (Å²) < 4.78 is 36.4. The fourth-order valence-corrected chi connectivity index (χ4v) is 5.75. The van der Waals surface area contributed by atoms with E-state index in [1.807, 2.05) is 29.0 Å². The third kappa shape index (κ3) is 15.1. The molecule has 43 heavy (non-hydrogen) atoms. The zero-order chi connectivity index (χ0) is 30.6. The Balaban J connectivity index is 1.31. The molecule has 0 aliphatic rings. The summed E-state index contributed by atoms with van der Waals surface area (Å²) in [6.07, 6.45) is 21.8. The van der Waals surface area contributed by atoms with Gasteiger partial charge in [0.15, 0.2) is 0 Å². The van der Waals surface area contributed by atoms with Crippen LogP contribution in [0.15, 0.2) is 67.3 Å². The monoisotopic (exact) mass is 614 g/mol. The van der Waals surface area contributed by atoms with Gasteiger partial charge in [0.1, 0.15) is 24.2 Å². The molecule has 0 spiro atoms. The topological polar surface area (TPSA) is 92.0 Å². The molecular formula is C34H51N2O6P. The van der Waals surface area contributed by atoms with E-state index in [4.69, 9.17) is 18.5 Å². The first kappa shape index (κ1) is 34.8. The van der Waals surface area contributed by atoms with E-state index >= 15 is 0 Å².